The van der Waals surface area contributed by atoms with Gasteiger partial charge in [-0.15, -0.1) is 0 Å². The molecule has 2 N–H and O–H groups in total. The van der Waals surface area contributed by atoms with Gasteiger partial charge < -0.3 is 15.3 Å². The molecule has 2 aromatic carbocycles. The maximum absolute atomic E-state index is 14.5. The minimum Gasteiger partial charge on any atom is -0.385 e. The van der Waals surface area contributed by atoms with Crippen molar-refractivity contribution in [2.24, 2.45) is 0 Å². The number of hydrogen-bond donors (Lipinski definition) is 2. The summed E-state index contributed by atoms with van der Waals surface area (Å²) in [5, 5.41) is 13.7. The molecule has 29 heavy (non-hydrogen) atoms. The van der Waals surface area contributed by atoms with Crippen molar-refractivity contribution >= 4 is 28.5 Å². The van der Waals surface area contributed by atoms with E-state index in [9.17, 15) is 23.1 Å². The van der Waals surface area contributed by atoms with E-state index in [2.05, 4.69) is 5.32 Å². The first-order chi connectivity index (χ1) is 13.8. The Kier molecular flexibility index (Phi) is 5.60. The van der Waals surface area contributed by atoms with Gasteiger partial charge in [-0.2, -0.15) is 0 Å². The van der Waals surface area contributed by atoms with Gasteiger partial charge >= 0.3 is 0 Å². The van der Waals surface area contributed by atoms with Crippen molar-refractivity contribution in [1.29, 1.82) is 0 Å². The van der Waals surface area contributed by atoms with Crippen molar-refractivity contribution < 1.29 is 23.1 Å². The number of aliphatic hydroxyl groups is 1. The van der Waals surface area contributed by atoms with Crippen LogP contribution in [0.25, 0.3) is 0 Å². The molecule has 1 saturated heterocycles. The Hall–Kier alpha value is -1.65. The number of carbonyl (C=O) groups is 1. The van der Waals surface area contributed by atoms with Gasteiger partial charge in [0, 0.05) is 33.7 Å². The van der Waals surface area contributed by atoms with Gasteiger partial charge in [0.2, 0.25) is 0 Å². The van der Waals surface area contributed by atoms with E-state index in [4.69, 9.17) is 0 Å². The van der Waals surface area contributed by atoms with Crippen LogP contribution in [0, 0.1) is 21.0 Å². The van der Waals surface area contributed by atoms with Gasteiger partial charge in [-0.25, -0.2) is 13.2 Å². The third-order valence-corrected chi connectivity index (χ3v) is 6.03. The Labute approximate surface area is 180 Å². The zero-order valence-corrected chi connectivity index (χ0v) is 17.7. The fraction of sp³-hybridized carbons (Fsp3) is 0.381. The van der Waals surface area contributed by atoms with Crippen LogP contribution in [0.5, 0.6) is 0 Å². The molecule has 1 aliphatic heterocycles. The molecule has 1 aliphatic carbocycles. The summed E-state index contributed by atoms with van der Waals surface area (Å²) in [6.45, 7) is 0.615. The van der Waals surface area contributed by atoms with Gasteiger partial charge in [0.25, 0.3) is 5.91 Å². The molecule has 0 atom stereocenters. The van der Waals surface area contributed by atoms with E-state index in [1.165, 1.54) is 23.1 Å². The number of halogens is 4. The number of benzene rings is 2. The lowest BCUT2D eigenvalue weighted by atomic mass is 9.91. The molecule has 0 spiro atoms. The van der Waals surface area contributed by atoms with E-state index in [1.54, 1.807) is 6.07 Å². The lowest BCUT2D eigenvalue weighted by Crippen LogP contribution is -2.67. The molecule has 2 fully saturated rings. The van der Waals surface area contributed by atoms with Crippen molar-refractivity contribution in [1.82, 2.24) is 10.2 Å². The van der Waals surface area contributed by atoms with Crippen LogP contribution in [0.4, 0.5) is 13.2 Å². The van der Waals surface area contributed by atoms with Crippen molar-refractivity contribution in [3.63, 3.8) is 0 Å². The number of hydrogen-bond acceptors (Lipinski definition) is 3. The Morgan fingerprint density at radius 1 is 1.17 bits per heavy atom. The van der Waals surface area contributed by atoms with Crippen LogP contribution < -0.4 is 5.32 Å². The van der Waals surface area contributed by atoms with E-state index in [0.29, 0.717) is 16.2 Å². The Balaban J connectivity index is 1.54. The number of carbonyl (C=O) groups excluding carboxylic acids is 1. The number of nitrogens with zero attached hydrogens (tertiary/aromatic N) is 1. The summed E-state index contributed by atoms with van der Waals surface area (Å²) in [4.78, 5) is 14.3. The molecule has 4 rings (SSSR count). The average molecular weight is 516 g/mol. The molecule has 1 saturated carbocycles. The molecular formula is C21H20F3IN2O2. The first-order valence-electron chi connectivity index (χ1n) is 9.41. The van der Waals surface area contributed by atoms with Crippen LogP contribution in [-0.4, -0.2) is 47.2 Å². The molecule has 2 aliphatic rings. The molecule has 1 amide bonds. The Morgan fingerprint density at radius 2 is 1.90 bits per heavy atom. The fourth-order valence-corrected chi connectivity index (χ4v) is 3.99. The van der Waals surface area contributed by atoms with Crippen molar-refractivity contribution in [2.75, 3.05) is 19.6 Å². The van der Waals surface area contributed by atoms with Crippen molar-refractivity contribution in [3.05, 3.63) is 68.0 Å². The number of likely N-dealkylation sites (tertiary alicyclic amines) is 1. The number of amides is 1. The van der Waals surface area contributed by atoms with E-state index in [-0.39, 0.29) is 36.2 Å². The second-order valence-electron chi connectivity index (χ2n) is 7.84. The molecular weight excluding hydrogens is 496 g/mol. The Morgan fingerprint density at radius 3 is 2.55 bits per heavy atom. The van der Waals surface area contributed by atoms with Crippen molar-refractivity contribution in [3.8, 4) is 0 Å². The summed E-state index contributed by atoms with van der Waals surface area (Å²) in [7, 11) is 0. The van der Waals surface area contributed by atoms with Gasteiger partial charge in [0.05, 0.1) is 13.1 Å². The summed E-state index contributed by atoms with van der Waals surface area (Å²) in [6.07, 6.45) is 1.94. The zero-order valence-electron chi connectivity index (χ0n) is 15.5. The third-order valence-electron chi connectivity index (χ3n) is 5.36. The molecule has 154 valence electrons. The lowest BCUT2D eigenvalue weighted by Gasteiger charge is -2.46. The SMILES string of the molecule is O=C(c1ccc(F)c(F)c1Cc1ccc(I)cc1F)N1CC(O)(CNC2CC2)C1. The highest BCUT2D eigenvalue weighted by atomic mass is 127. The predicted molar refractivity (Wildman–Crippen MR) is 110 cm³/mol. The van der Waals surface area contributed by atoms with Crippen LogP contribution in [0.1, 0.15) is 34.3 Å². The topological polar surface area (TPSA) is 52.6 Å². The number of β-amino-alcohol motifs (C(OH)–C–C–N with tert-alkyl or cyclic N) is 1. The molecule has 0 bridgehead atoms. The summed E-state index contributed by atoms with van der Waals surface area (Å²) >= 11 is 1.96. The average Bonchev–Trinajstić information content (AvgIpc) is 3.47. The molecule has 2 aromatic rings. The van der Waals surface area contributed by atoms with Crippen LogP contribution in [0.2, 0.25) is 0 Å². The van der Waals surface area contributed by atoms with Gasteiger partial charge in [-0.3, -0.25) is 4.79 Å². The third kappa shape index (κ3) is 4.44. The van der Waals surface area contributed by atoms with Gasteiger partial charge in [-0.1, -0.05) is 6.07 Å². The molecule has 8 heteroatoms. The molecule has 0 radical (unpaired) electrons. The smallest absolute Gasteiger partial charge is 0.254 e. The quantitative estimate of drug-likeness (QED) is 0.581. The highest BCUT2D eigenvalue weighted by Crippen LogP contribution is 2.29. The van der Waals surface area contributed by atoms with E-state index >= 15 is 0 Å². The molecule has 0 aromatic heterocycles. The minimum absolute atomic E-state index is 0.0148. The highest BCUT2D eigenvalue weighted by Gasteiger charge is 2.45. The zero-order chi connectivity index (χ0) is 20.8. The van der Waals surface area contributed by atoms with Crippen LogP contribution in [-0.2, 0) is 6.42 Å². The maximum Gasteiger partial charge on any atom is 0.254 e. The van der Waals surface area contributed by atoms with E-state index in [0.717, 1.165) is 18.9 Å². The molecule has 0 unspecified atom stereocenters. The lowest BCUT2D eigenvalue weighted by molar-refractivity contribution is -0.0787. The second kappa shape index (κ2) is 7.88. The van der Waals surface area contributed by atoms with Gasteiger partial charge in [0.1, 0.15) is 11.4 Å². The van der Waals surface area contributed by atoms with Crippen LogP contribution in [0.3, 0.4) is 0 Å². The minimum atomic E-state index is -1.15. The van der Waals surface area contributed by atoms with E-state index < -0.39 is 29.0 Å². The van der Waals surface area contributed by atoms with Gasteiger partial charge in [-0.05, 0) is 65.3 Å². The van der Waals surface area contributed by atoms with Crippen LogP contribution >= 0.6 is 22.6 Å². The number of rotatable bonds is 6. The maximum atomic E-state index is 14.5. The first-order valence-corrected chi connectivity index (χ1v) is 10.5. The normalized spacial score (nSPS) is 17.9. The molecule has 4 nitrogen and oxygen atoms in total. The predicted octanol–water partition coefficient (Wildman–Crippen LogP) is 3.24. The summed E-state index contributed by atoms with van der Waals surface area (Å²) in [6, 6.07) is 7.03. The van der Waals surface area contributed by atoms with Crippen molar-refractivity contribution in [2.45, 2.75) is 30.9 Å². The van der Waals surface area contributed by atoms with Crippen LogP contribution in [0.15, 0.2) is 30.3 Å². The second-order valence-corrected chi connectivity index (χ2v) is 9.09. The van der Waals surface area contributed by atoms with Gasteiger partial charge in [0.15, 0.2) is 11.6 Å². The highest BCUT2D eigenvalue weighted by molar-refractivity contribution is 14.1. The molecule has 1 heterocycles. The first kappa shape index (κ1) is 20.6. The Bertz CT molecular complexity index is 959. The largest absolute Gasteiger partial charge is 0.385 e. The standard InChI is InChI=1S/C21H20F3IN2O2/c22-17-6-5-15(16(19(17)24)7-12-1-2-13(25)8-18(12)23)20(28)27-10-21(29,11-27)9-26-14-3-4-14/h1-2,5-6,8,14,26,29H,3-4,7,9-11H2. The summed E-state index contributed by atoms with van der Waals surface area (Å²) in [5.41, 5.74) is -1.03. The number of nitrogens with one attached hydrogen (secondary N) is 1. The monoisotopic (exact) mass is 516 g/mol. The fourth-order valence-electron chi connectivity index (χ4n) is 3.53. The summed E-state index contributed by atoms with van der Waals surface area (Å²) < 4.78 is 43.3. The van der Waals surface area contributed by atoms with E-state index in [1.807, 2.05) is 22.6 Å². The summed E-state index contributed by atoms with van der Waals surface area (Å²) in [5.74, 6) is -3.28.